The molecule has 0 aromatic heterocycles. The van der Waals surface area contributed by atoms with Crippen LogP contribution in [0.15, 0.2) is 48.5 Å². The normalized spacial score (nSPS) is 12.0. The minimum Gasteiger partial charge on any atom is -0.497 e. The van der Waals surface area contributed by atoms with Crippen molar-refractivity contribution in [2.24, 2.45) is 5.92 Å². The number of unbranched alkanes of at least 4 members (excludes halogenated alkanes) is 1. The van der Waals surface area contributed by atoms with Crippen LogP contribution in [0, 0.1) is 5.92 Å². The Morgan fingerprint density at radius 1 is 0.958 bits per heavy atom. The molecule has 24 heavy (non-hydrogen) atoms. The highest BCUT2D eigenvalue weighted by atomic mass is 16.5. The lowest BCUT2D eigenvalue weighted by molar-refractivity contribution is 0.0978. The molecule has 0 spiro atoms. The summed E-state index contributed by atoms with van der Waals surface area (Å²) in [5.74, 6) is 1.87. The molecule has 0 amide bonds. The van der Waals surface area contributed by atoms with Gasteiger partial charge < -0.3 is 4.74 Å². The highest BCUT2D eigenvalue weighted by Crippen LogP contribution is 2.23. The topological polar surface area (TPSA) is 26.3 Å². The summed E-state index contributed by atoms with van der Waals surface area (Å²) in [6.07, 6.45) is 5.23. The third kappa shape index (κ3) is 5.23. The lowest BCUT2D eigenvalue weighted by atomic mass is 9.97. The van der Waals surface area contributed by atoms with E-state index in [-0.39, 0.29) is 5.78 Å². The van der Waals surface area contributed by atoms with Gasteiger partial charge in [-0.1, -0.05) is 69.5 Å². The summed E-state index contributed by atoms with van der Waals surface area (Å²) in [7, 11) is 1.67. The van der Waals surface area contributed by atoms with E-state index < -0.39 is 0 Å². The van der Waals surface area contributed by atoms with E-state index in [1.807, 2.05) is 48.5 Å². The number of ketones is 1. The molecule has 2 heteroatoms. The lowest BCUT2D eigenvalue weighted by Crippen LogP contribution is -2.00. The van der Waals surface area contributed by atoms with Gasteiger partial charge in [0.1, 0.15) is 5.75 Å². The van der Waals surface area contributed by atoms with Gasteiger partial charge in [-0.15, -0.1) is 0 Å². The van der Waals surface area contributed by atoms with Crippen LogP contribution in [0.3, 0.4) is 0 Å². The standard InChI is InChI=1S/C22H28O2/c1-4-17(2)7-5-6-8-22(23)20-11-9-18(10-12-20)19-13-15-21(24-3)16-14-19/h9-17H,4-8H2,1-3H3/t17-/m0/s1. The minimum atomic E-state index is 0.250. The van der Waals surface area contributed by atoms with Gasteiger partial charge in [-0.05, 0) is 35.6 Å². The van der Waals surface area contributed by atoms with Crippen molar-refractivity contribution in [1.82, 2.24) is 0 Å². The van der Waals surface area contributed by atoms with Gasteiger partial charge in [0, 0.05) is 12.0 Å². The fourth-order valence-electron chi connectivity index (χ4n) is 2.76. The Bertz CT molecular complexity index is 626. The van der Waals surface area contributed by atoms with Crippen LogP contribution in [0.25, 0.3) is 11.1 Å². The van der Waals surface area contributed by atoms with Gasteiger partial charge in [0.25, 0.3) is 0 Å². The molecule has 0 aliphatic heterocycles. The zero-order valence-corrected chi connectivity index (χ0v) is 15.0. The maximum absolute atomic E-state index is 12.3. The molecular weight excluding hydrogens is 296 g/mol. The Morgan fingerprint density at radius 3 is 2.08 bits per heavy atom. The van der Waals surface area contributed by atoms with Gasteiger partial charge in [-0.3, -0.25) is 4.79 Å². The van der Waals surface area contributed by atoms with E-state index in [1.54, 1.807) is 7.11 Å². The van der Waals surface area contributed by atoms with Crippen molar-refractivity contribution in [3.05, 3.63) is 54.1 Å². The predicted molar refractivity (Wildman–Crippen MR) is 101 cm³/mol. The number of rotatable bonds is 9. The van der Waals surface area contributed by atoms with Crippen LogP contribution in [0.1, 0.15) is 56.3 Å². The first-order valence-electron chi connectivity index (χ1n) is 8.91. The number of Topliss-reactive ketones (excluding diaryl/α,β-unsaturated/α-hetero) is 1. The van der Waals surface area contributed by atoms with Gasteiger partial charge in [0.15, 0.2) is 5.78 Å². The zero-order chi connectivity index (χ0) is 17.4. The number of ether oxygens (including phenoxy) is 1. The van der Waals surface area contributed by atoms with E-state index in [4.69, 9.17) is 4.74 Å². The second-order valence-corrected chi connectivity index (χ2v) is 6.49. The number of hydrogen-bond acceptors (Lipinski definition) is 2. The van der Waals surface area contributed by atoms with Gasteiger partial charge >= 0.3 is 0 Å². The lowest BCUT2D eigenvalue weighted by Gasteiger charge is -2.08. The molecule has 0 N–H and O–H groups in total. The molecule has 0 aliphatic carbocycles. The van der Waals surface area contributed by atoms with Crippen molar-refractivity contribution in [3.63, 3.8) is 0 Å². The van der Waals surface area contributed by atoms with Crippen molar-refractivity contribution in [3.8, 4) is 16.9 Å². The molecule has 0 saturated heterocycles. The SMILES string of the molecule is CC[C@H](C)CCCCC(=O)c1ccc(-c2ccc(OC)cc2)cc1. The van der Waals surface area contributed by atoms with Crippen LogP contribution in [0.4, 0.5) is 0 Å². The second kappa shape index (κ2) is 9.27. The molecule has 0 saturated carbocycles. The number of benzene rings is 2. The van der Waals surface area contributed by atoms with Crippen LogP contribution in [0.2, 0.25) is 0 Å². The third-order valence-corrected chi connectivity index (χ3v) is 4.68. The molecule has 0 heterocycles. The van der Waals surface area contributed by atoms with Crippen LogP contribution in [-0.4, -0.2) is 12.9 Å². The molecule has 128 valence electrons. The summed E-state index contributed by atoms with van der Waals surface area (Å²) in [6, 6.07) is 15.9. The fraction of sp³-hybridized carbons (Fsp3) is 0.409. The molecule has 0 radical (unpaired) electrons. The monoisotopic (exact) mass is 324 g/mol. The minimum absolute atomic E-state index is 0.250. The first-order chi connectivity index (χ1) is 11.6. The van der Waals surface area contributed by atoms with Gasteiger partial charge in [-0.25, -0.2) is 0 Å². The van der Waals surface area contributed by atoms with Gasteiger partial charge in [0.2, 0.25) is 0 Å². The van der Waals surface area contributed by atoms with E-state index in [0.717, 1.165) is 41.2 Å². The molecule has 0 bridgehead atoms. The van der Waals surface area contributed by atoms with Crippen molar-refractivity contribution in [2.45, 2.75) is 46.0 Å². The summed E-state index contributed by atoms with van der Waals surface area (Å²) in [4.78, 5) is 12.3. The molecule has 1 atom stereocenters. The smallest absolute Gasteiger partial charge is 0.162 e. The van der Waals surface area contributed by atoms with Crippen LogP contribution >= 0.6 is 0 Å². The zero-order valence-electron chi connectivity index (χ0n) is 15.0. The highest BCUT2D eigenvalue weighted by Gasteiger charge is 2.07. The average Bonchev–Trinajstić information content (AvgIpc) is 2.65. The van der Waals surface area contributed by atoms with Crippen molar-refractivity contribution >= 4 is 5.78 Å². The molecule has 2 rings (SSSR count). The Labute approximate surface area is 145 Å². The molecule has 2 nitrogen and oxygen atoms in total. The van der Waals surface area contributed by atoms with Crippen molar-refractivity contribution < 1.29 is 9.53 Å². The summed E-state index contributed by atoms with van der Waals surface area (Å²) in [6.45, 7) is 4.50. The maximum Gasteiger partial charge on any atom is 0.162 e. The average molecular weight is 324 g/mol. The Balaban J connectivity index is 1.89. The summed E-state index contributed by atoms with van der Waals surface area (Å²) in [5, 5.41) is 0. The molecule has 0 fully saturated rings. The molecule has 0 unspecified atom stereocenters. The Hall–Kier alpha value is -2.09. The largest absolute Gasteiger partial charge is 0.497 e. The maximum atomic E-state index is 12.3. The van der Waals surface area contributed by atoms with E-state index >= 15 is 0 Å². The van der Waals surface area contributed by atoms with Crippen molar-refractivity contribution in [2.75, 3.05) is 7.11 Å². The summed E-state index contributed by atoms with van der Waals surface area (Å²) in [5.41, 5.74) is 3.06. The molecule has 2 aromatic carbocycles. The second-order valence-electron chi connectivity index (χ2n) is 6.49. The van der Waals surface area contributed by atoms with Crippen LogP contribution in [-0.2, 0) is 0 Å². The van der Waals surface area contributed by atoms with Crippen LogP contribution < -0.4 is 4.74 Å². The van der Waals surface area contributed by atoms with Crippen molar-refractivity contribution in [1.29, 1.82) is 0 Å². The molecule has 0 aliphatic rings. The Kier molecular flexibility index (Phi) is 7.05. The predicted octanol–water partition coefficient (Wildman–Crippen LogP) is 6.15. The van der Waals surface area contributed by atoms with Gasteiger partial charge in [-0.2, -0.15) is 0 Å². The number of methoxy groups -OCH3 is 1. The molecule has 2 aromatic rings. The quantitative estimate of drug-likeness (QED) is 0.408. The van der Waals surface area contributed by atoms with E-state index in [9.17, 15) is 4.79 Å². The first-order valence-corrected chi connectivity index (χ1v) is 8.91. The third-order valence-electron chi connectivity index (χ3n) is 4.68. The summed E-state index contributed by atoms with van der Waals surface area (Å²) >= 11 is 0. The number of carbonyl (C=O) groups excluding carboxylic acids is 1. The summed E-state index contributed by atoms with van der Waals surface area (Å²) < 4.78 is 5.18. The number of carbonyl (C=O) groups is 1. The van der Waals surface area contributed by atoms with Gasteiger partial charge in [0.05, 0.1) is 7.11 Å². The van der Waals surface area contributed by atoms with E-state index in [2.05, 4.69) is 13.8 Å². The fourth-order valence-corrected chi connectivity index (χ4v) is 2.76. The highest BCUT2D eigenvalue weighted by molar-refractivity contribution is 5.96. The van der Waals surface area contributed by atoms with E-state index in [0.29, 0.717) is 6.42 Å². The number of hydrogen-bond donors (Lipinski definition) is 0. The van der Waals surface area contributed by atoms with E-state index in [1.165, 1.54) is 12.8 Å². The Morgan fingerprint density at radius 2 is 1.54 bits per heavy atom. The first kappa shape index (κ1) is 18.3. The van der Waals surface area contributed by atoms with Crippen LogP contribution in [0.5, 0.6) is 5.75 Å². The molecular formula is C22H28O2.